The fraction of sp³-hybridized carbons (Fsp3) is 0.300. The van der Waals surface area contributed by atoms with Crippen LogP contribution in [0.25, 0.3) is 0 Å². The smallest absolute Gasteiger partial charge is 0.360 e. The molecule has 1 aromatic heterocycles. The Morgan fingerprint density at radius 2 is 2.37 bits per heavy atom. The lowest BCUT2D eigenvalue weighted by Crippen LogP contribution is -2.23. The highest BCUT2D eigenvalue weighted by Crippen LogP contribution is 2.15. The molecule has 1 aromatic rings. The van der Waals surface area contributed by atoms with Crippen LogP contribution in [-0.2, 0) is 14.4 Å². The summed E-state index contributed by atoms with van der Waals surface area (Å²) in [6, 6.07) is 0. The number of carbonyl (C=O) groups excluding carboxylic acids is 1. The average Bonchev–Trinajstić information content (AvgIpc) is 2.82. The molecule has 1 unspecified atom stereocenters. The van der Waals surface area contributed by atoms with Gasteiger partial charge in [0.05, 0.1) is 0 Å². The zero-order valence-corrected chi connectivity index (χ0v) is 12.0. The van der Waals surface area contributed by atoms with Gasteiger partial charge in [-0.1, -0.05) is 5.16 Å². The third kappa shape index (κ3) is 4.11. The van der Waals surface area contributed by atoms with E-state index in [1.165, 1.54) is 29.4 Å². The van der Waals surface area contributed by atoms with E-state index in [0.717, 1.165) is 0 Å². The van der Waals surface area contributed by atoms with Crippen LogP contribution in [0.1, 0.15) is 12.6 Å². The average molecular weight is 301 g/mol. The van der Waals surface area contributed by atoms with Crippen LogP contribution in [0.3, 0.4) is 0 Å². The molecule has 19 heavy (non-hydrogen) atoms. The van der Waals surface area contributed by atoms with Crippen molar-refractivity contribution in [2.24, 2.45) is 5.16 Å². The van der Waals surface area contributed by atoms with Crippen LogP contribution in [0.4, 0.5) is 5.13 Å². The molecule has 1 heterocycles. The van der Waals surface area contributed by atoms with Gasteiger partial charge < -0.3 is 15.3 Å². The number of thiazole rings is 1. The largest absolute Gasteiger partial charge is 0.476 e. The van der Waals surface area contributed by atoms with E-state index < -0.39 is 12.1 Å². The third-order valence-electron chi connectivity index (χ3n) is 1.97. The maximum atomic E-state index is 11.1. The van der Waals surface area contributed by atoms with Crippen LogP contribution in [0.15, 0.2) is 10.5 Å². The number of nitrogens with zero attached hydrogens (tertiary/aromatic N) is 2. The van der Waals surface area contributed by atoms with E-state index in [0.29, 0.717) is 5.13 Å². The van der Waals surface area contributed by atoms with Gasteiger partial charge >= 0.3 is 5.97 Å². The maximum Gasteiger partial charge on any atom is 0.360 e. The minimum atomic E-state index is -1.29. The topological polar surface area (TPSA) is 101 Å². The van der Waals surface area contributed by atoms with Crippen LogP contribution in [0.5, 0.6) is 0 Å². The van der Waals surface area contributed by atoms with Gasteiger partial charge in [-0.25, -0.2) is 9.78 Å². The lowest BCUT2D eigenvalue weighted by molar-refractivity contribution is -0.130. The molecule has 2 N–H and O–H groups in total. The minimum Gasteiger partial charge on any atom is -0.476 e. The normalized spacial score (nSPS) is 12.6. The fourth-order valence-electron chi connectivity index (χ4n) is 1.02. The van der Waals surface area contributed by atoms with E-state index in [9.17, 15) is 9.59 Å². The van der Waals surface area contributed by atoms with Crippen LogP contribution < -0.4 is 5.32 Å². The van der Waals surface area contributed by atoms with Crippen molar-refractivity contribution in [1.29, 1.82) is 0 Å². The van der Waals surface area contributed by atoms with Gasteiger partial charge in [-0.15, -0.1) is 20.2 Å². The van der Waals surface area contributed by atoms with E-state index in [-0.39, 0.29) is 17.2 Å². The van der Waals surface area contributed by atoms with Crippen molar-refractivity contribution in [2.45, 2.75) is 13.0 Å². The SMILES string of the molecule is CNc1nc(/C(=N\OC(C=P)C(C)=O)C(=O)O)cs1. The summed E-state index contributed by atoms with van der Waals surface area (Å²) in [5.41, 5.74) is -0.198. The molecule has 1 rings (SSSR count). The van der Waals surface area contributed by atoms with Gasteiger partial charge in [-0.05, 0) is 12.7 Å². The van der Waals surface area contributed by atoms with Gasteiger partial charge in [-0.2, -0.15) is 0 Å². The lowest BCUT2D eigenvalue weighted by atomic mass is 10.3. The molecule has 0 saturated heterocycles. The Hall–Kier alpha value is -1.79. The van der Waals surface area contributed by atoms with Crippen LogP contribution in [-0.4, -0.2) is 46.5 Å². The number of rotatable bonds is 7. The standard InChI is InChI=1S/C10H12N3O4PS/c1-5(14)7(3-18)17-13-8(9(15)16)6-4-19-10(11-2)12-6/h3-4,7,18H,1-2H3,(H,11,12)(H,15,16)/b13-8+. The Kier molecular flexibility index (Phi) is 5.59. The van der Waals surface area contributed by atoms with Gasteiger partial charge in [0.1, 0.15) is 5.69 Å². The van der Waals surface area contributed by atoms with Gasteiger partial charge in [-0.3, -0.25) is 4.79 Å². The first kappa shape index (κ1) is 15.3. The Morgan fingerprint density at radius 1 is 1.68 bits per heavy atom. The van der Waals surface area contributed by atoms with Crippen LogP contribution in [0, 0.1) is 0 Å². The van der Waals surface area contributed by atoms with E-state index in [1.54, 1.807) is 7.05 Å². The molecule has 0 bridgehead atoms. The van der Waals surface area contributed by atoms with Crippen molar-refractivity contribution >= 4 is 48.6 Å². The summed E-state index contributed by atoms with van der Waals surface area (Å²) in [7, 11) is 4.68. The number of aliphatic carboxylic acids is 1. The zero-order chi connectivity index (χ0) is 14.4. The fourth-order valence-corrected chi connectivity index (χ4v) is 1.98. The summed E-state index contributed by atoms with van der Waals surface area (Å²) in [6.45, 7) is 1.30. The Morgan fingerprint density at radius 3 is 2.79 bits per heavy atom. The molecule has 102 valence electrons. The number of carboxylic acid groups (broad SMARTS) is 1. The summed E-state index contributed by atoms with van der Waals surface area (Å²) in [6.07, 6.45) is -0.951. The van der Waals surface area contributed by atoms with Crippen molar-refractivity contribution in [1.82, 2.24) is 4.98 Å². The first-order valence-corrected chi connectivity index (χ1v) is 6.57. The minimum absolute atomic E-state index is 0.165. The highest BCUT2D eigenvalue weighted by molar-refractivity contribution is 7.18. The van der Waals surface area contributed by atoms with Crippen LogP contribution in [0.2, 0.25) is 0 Å². The van der Waals surface area contributed by atoms with Gasteiger partial charge in [0.2, 0.25) is 11.8 Å². The molecular formula is C10H12N3O4PS. The van der Waals surface area contributed by atoms with Gasteiger partial charge in [0, 0.05) is 12.4 Å². The van der Waals surface area contributed by atoms with Crippen molar-refractivity contribution in [3.63, 3.8) is 0 Å². The number of carbonyl (C=O) groups is 2. The molecule has 0 spiro atoms. The predicted molar refractivity (Wildman–Crippen MR) is 75.8 cm³/mol. The number of oxime groups is 1. The van der Waals surface area contributed by atoms with E-state index >= 15 is 0 Å². The number of hydrogen-bond acceptors (Lipinski definition) is 7. The number of nitrogens with one attached hydrogen (secondary N) is 1. The molecule has 9 heteroatoms. The number of anilines is 1. The zero-order valence-electron chi connectivity index (χ0n) is 10.2. The molecule has 1 atom stereocenters. The molecule has 0 aliphatic heterocycles. The highest BCUT2D eigenvalue weighted by Gasteiger charge is 2.19. The molecule has 7 nitrogen and oxygen atoms in total. The first-order valence-electron chi connectivity index (χ1n) is 5.11. The summed E-state index contributed by atoms with van der Waals surface area (Å²) >= 11 is 1.24. The second-order valence-corrected chi connectivity index (χ2v) is 4.53. The highest BCUT2D eigenvalue weighted by atomic mass is 32.1. The molecule has 0 amide bonds. The van der Waals surface area contributed by atoms with Crippen molar-refractivity contribution in [3.05, 3.63) is 11.1 Å². The molecule has 0 aliphatic carbocycles. The van der Waals surface area contributed by atoms with Crippen molar-refractivity contribution in [3.8, 4) is 0 Å². The number of aromatic nitrogens is 1. The summed E-state index contributed by atoms with van der Waals surface area (Å²) in [5, 5.41) is 17.4. The number of ketones is 1. The summed E-state index contributed by atoms with van der Waals surface area (Å²) in [4.78, 5) is 31.1. The molecule has 0 aliphatic rings. The van der Waals surface area contributed by atoms with E-state index in [1.807, 2.05) is 0 Å². The molecule has 0 fully saturated rings. The van der Waals surface area contributed by atoms with Crippen molar-refractivity contribution < 1.29 is 19.5 Å². The maximum absolute atomic E-state index is 11.1. The number of carboxylic acids is 1. The van der Waals surface area contributed by atoms with E-state index in [4.69, 9.17) is 9.94 Å². The molecule has 0 saturated carbocycles. The Bertz CT molecular complexity index is 529. The second kappa shape index (κ2) is 6.96. The third-order valence-corrected chi connectivity index (χ3v) is 3.14. The Balaban J connectivity index is 2.97. The van der Waals surface area contributed by atoms with Gasteiger partial charge in [0.25, 0.3) is 0 Å². The summed E-state index contributed by atoms with van der Waals surface area (Å²) < 4.78 is 0. The molecule has 0 aromatic carbocycles. The number of hydrogen-bond donors (Lipinski definition) is 2. The van der Waals surface area contributed by atoms with Crippen LogP contribution >= 0.6 is 20.2 Å². The molecular weight excluding hydrogens is 289 g/mol. The lowest BCUT2D eigenvalue weighted by Gasteiger charge is -2.06. The second-order valence-electron chi connectivity index (χ2n) is 3.34. The number of Topliss-reactive ketones (excluding diaryl/α,β-unsaturated/α-hetero) is 1. The Labute approximate surface area is 115 Å². The quantitative estimate of drug-likeness (QED) is 0.441. The van der Waals surface area contributed by atoms with E-state index in [2.05, 4.69) is 24.3 Å². The van der Waals surface area contributed by atoms with Gasteiger partial charge in [0.15, 0.2) is 10.9 Å². The van der Waals surface area contributed by atoms with Crippen molar-refractivity contribution in [2.75, 3.05) is 12.4 Å². The molecule has 0 radical (unpaired) electrons. The summed E-state index contributed by atoms with van der Waals surface area (Å²) in [5.74, 6) is -0.298. The first-order chi connectivity index (χ1) is 8.99. The monoisotopic (exact) mass is 301 g/mol. The predicted octanol–water partition coefficient (Wildman–Crippen LogP) is 0.893.